The molecule has 13 heavy (non-hydrogen) atoms. The van der Waals surface area contributed by atoms with Crippen LogP contribution in [0.15, 0.2) is 5.51 Å². The summed E-state index contributed by atoms with van der Waals surface area (Å²) < 4.78 is 0. The Bertz CT molecular complexity index is 266. The highest BCUT2D eigenvalue weighted by molar-refractivity contribution is 7.09. The van der Waals surface area contributed by atoms with Gasteiger partial charge in [0.15, 0.2) is 0 Å². The summed E-state index contributed by atoms with van der Waals surface area (Å²) in [4.78, 5) is 5.59. The molecule has 1 aromatic rings. The lowest BCUT2D eigenvalue weighted by molar-refractivity contribution is 0.549. The van der Waals surface area contributed by atoms with E-state index in [1.54, 1.807) is 11.3 Å². The number of hydrogen-bond acceptors (Lipinski definition) is 4. The fourth-order valence-corrected chi connectivity index (χ4v) is 2.29. The Morgan fingerprint density at radius 3 is 3.31 bits per heavy atom. The third kappa shape index (κ3) is 2.27. The molecule has 0 aliphatic carbocycles. The molecule has 1 fully saturated rings. The van der Waals surface area contributed by atoms with Crippen LogP contribution in [0, 0.1) is 6.92 Å². The molecule has 2 N–H and O–H groups in total. The number of hydrogen-bond donors (Lipinski definition) is 2. The van der Waals surface area contributed by atoms with Gasteiger partial charge in [0, 0.05) is 24.0 Å². The normalized spacial score (nSPS) is 22.4. The lowest BCUT2D eigenvalue weighted by atomic mass is 10.2. The molecule has 0 amide bonds. The van der Waals surface area contributed by atoms with Gasteiger partial charge in [0.2, 0.25) is 0 Å². The summed E-state index contributed by atoms with van der Waals surface area (Å²) in [7, 11) is 0. The lowest BCUT2D eigenvalue weighted by Crippen LogP contribution is -2.30. The third-order valence-electron chi connectivity index (χ3n) is 2.46. The summed E-state index contributed by atoms with van der Waals surface area (Å²) in [5.74, 6) is 0. The minimum atomic E-state index is 0.654. The van der Waals surface area contributed by atoms with Crippen LogP contribution in [0.4, 0.5) is 0 Å². The van der Waals surface area contributed by atoms with Gasteiger partial charge in [-0.2, -0.15) is 0 Å². The summed E-state index contributed by atoms with van der Waals surface area (Å²) >= 11 is 1.74. The van der Waals surface area contributed by atoms with Gasteiger partial charge >= 0.3 is 0 Å². The van der Waals surface area contributed by atoms with E-state index in [4.69, 9.17) is 0 Å². The molecule has 0 bridgehead atoms. The van der Waals surface area contributed by atoms with Crippen LogP contribution in [0.2, 0.25) is 0 Å². The topological polar surface area (TPSA) is 37.0 Å². The zero-order valence-electron chi connectivity index (χ0n) is 7.84. The minimum Gasteiger partial charge on any atom is -0.315 e. The van der Waals surface area contributed by atoms with Gasteiger partial charge in [0.1, 0.15) is 0 Å². The van der Waals surface area contributed by atoms with Gasteiger partial charge in [-0.05, 0) is 19.9 Å². The average molecular weight is 197 g/mol. The molecule has 0 aromatic carbocycles. The smallest absolute Gasteiger partial charge is 0.0798 e. The van der Waals surface area contributed by atoms with Crippen LogP contribution in [-0.4, -0.2) is 24.1 Å². The number of nitrogens with zero attached hydrogens (tertiary/aromatic N) is 1. The molecule has 1 unspecified atom stereocenters. The molecule has 3 nitrogen and oxygen atoms in total. The Labute approximate surface area is 82.6 Å². The van der Waals surface area contributed by atoms with Gasteiger partial charge in [-0.25, -0.2) is 4.98 Å². The summed E-state index contributed by atoms with van der Waals surface area (Å²) in [6.07, 6.45) is 1.25. The van der Waals surface area contributed by atoms with Crippen molar-refractivity contribution in [1.82, 2.24) is 15.6 Å². The van der Waals surface area contributed by atoms with Crippen molar-refractivity contribution in [2.75, 3.05) is 13.1 Å². The van der Waals surface area contributed by atoms with Gasteiger partial charge in [-0.1, -0.05) is 0 Å². The Morgan fingerprint density at radius 2 is 2.69 bits per heavy atom. The molecule has 2 heterocycles. The molecule has 0 spiro atoms. The first-order chi connectivity index (χ1) is 6.36. The number of thiazole rings is 1. The van der Waals surface area contributed by atoms with E-state index >= 15 is 0 Å². The van der Waals surface area contributed by atoms with Crippen molar-refractivity contribution in [3.8, 4) is 0 Å². The van der Waals surface area contributed by atoms with Crippen LogP contribution in [-0.2, 0) is 6.54 Å². The second-order valence-corrected chi connectivity index (χ2v) is 4.37. The highest BCUT2D eigenvalue weighted by atomic mass is 32.1. The van der Waals surface area contributed by atoms with Crippen LogP contribution < -0.4 is 10.6 Å². The highest BCUT2D eigenvalue weighted by Crippen LogP contribution is 2.12. The molecule has 1 aliphatic rings. The first-order valence-corrected chi connectivity index (χ1v) is 5.57. The summed E-state index contributed by atoms with van der Waals surface area (Å²) in [5.41, 5.74) is 3.09. The van der Waals surface area contributed by atoms with Crippen LogP contribution in [0.3, 0.4) is 0 Å². The van der Waals surface area contributed by atoms with E-state index in [1.807, 2.05) is 5.51 Å². The monoisotopic (exact) mass is 197 g/mol. The highest BCUT2D eigenvalue weighted by Gasteiger charge is 2.13. The molecule has 72 valence electrons. The van der Waals surface area contributed by atoms with E-state index in [0.29, 0.717) is 6.04 Å². The zero-order chi connectivity index (χ0) is 9.10. The van der Waals surface area contributed by atoms with Crippen molar-refractivity contribution in [3.63, 3.8) is 0 Å². The maximum Gasteiger partial charge on any atom is 0.0798 e. The van der Waals surface area contributed by atoms with E-state index in [-0.39, 0.29) is 0 Å². The van der Waals surface area contributed by atoms with E-state index in [2.05, 4.69) is 22.5 Å². The predicted octanol–water partition coefficient (Wildman–Crippen LogP) is 0.903. The molecule has 2 rings (SSSR count). The molecule has 1 aromatic heterocycles. The summed E-state index contributed by atoms with van der Waals surface area (Å²) in [5, 5.41) is 6.88. The van der Waals surface area contributed by atoms with E-state index in [9.17, 15) is 0 Å². The van der Waals surface area contributed by atoms with Crippen molar-refractivity contribution >= 4 is 11.3 Å². The number of aromatic nitrogens is 1. The van der Waals surface area contributed by atoms with Crippen LogP contribution in [0.5, 0.6) is 0 Å². The molecular weight excluding hydrogens is 182 g/mol. The Hall–Kier alpha value is -0.450. The van der Waals surface area contributed by atoms with Gasteiger partial charge in [0.05, 0.1) is 11.2 Å². The molecule has 4 heteroatoms. The SMILES string of the molecule is Cc1ncsc1CNC1CCNC1. The Kier molecular flexibility index (Phi) is 2.93. The molecular formula is C9H15N3S. The van der Waals surface area contributed by atoms with E-state index < -0.39 is 0 Å². The van der Waals surface area contributed by atoms with Gasteiger partial charge in [-0.3, -0.25) is 0 Å². The maximum atomic E-state index is 4.22. The van der Waals surface area contributed by atoms with Crippen molar-refractivity contribution in [1.29, 1.82) is 0 Å². The van der Waals surface area contributed by atoms with Crippen molar-refractivity contribution in [3.05, 3.63) is 16.1 Å². The predicted molar refractivity (Wildman–Crippen MR) is 55.0 cm³/mol. The third-order valence-corrected chi connectivity index (χ3v) is 3.39. The first kappa shape index (κ1) is 9.12. The average Bonchev–Trinajstić information content (AvgIpc) is 2.72. The zero-order valence-corrected chi connectivity index (χ0v) is 8.66. The maximum absolute atomic E-state index is 4.22. The standard InChI is InChI=1S/C9H15N3S/c1-7-9(13-6-12-7)5-11-8-2-3-10-4-8/h6,8,10-11H,2-5H2,1H3. The van der Waals surface area contributed by atoms with Crippen LogP contribution in [0.1, 0.15) is 17.0 Å². The number of rotatable bonds is 3. The van der Waals surface area contributed by atoms with Crippen LogP contribution in [0.25, 0.3) is 0 Å². The fourth-order valence-electron chi connectivity index (χ4n) is 1.56. The Morgan fingerprint density at radius 1 is 1.77 bits per heavy atom. The van der Waals surface area contributed by atoms with Crippen molar-refractivity contribution in [2.45, 2.75) is 25.9 Å². The quantitative estimate of drug-likeness (QED) is 0.756. The lowest BCUT2D eigenvalue weighted by Gasteiger charge is -2.09. The van der Waals surface area contributed by atoms with Gasteiger partial charge in [-0.15, -0.1) is 11.3 Å². The van der Waals surface area contributed by atoms with Crippen LogP contribution >= 0.6 is 11.3 Å². The first-order valence-electron chi connectivity index (χ1n) is 4.69. The Balaban J connectivity index is 1.82. The molecule has 0 radical (unpaired) electrons. The fraction of sp³-hybridized carbons (Fsp3) is 0.667. The van der Waals surface area contributed by atoms with Gasteiger partial charge in [0.25, 0.3) is 0 Å². The minimum absolute atomic E-state index is 0.654. The summed E-state index contributed by atoms with van der Waals surface area (Å²) in [6.45, 7) is 5.31. The van der Waals surface area contributed by atoms with E-state index in [1.165, 1.54) is 17.0 Å². The van der Waals surface area contributed by atoms with E-state index in [0.717, 1.165) is 19.6 Å². The molecule has 1 saturated heterocycles. The largest absolute Gasteiger partial charge is 0.315 e. The number of nitrogens with one attached hydrogen (secondary N) is 2. The second kappa shape index (κ2) is 4.17. The summed E-state index contributed by atoms with van der Waals surface area (Å²) in [6, 6.07) is 0.654. The molecule has 1 atom stereocenters. The second-order valence-electron chi connectivity index (χ2n) is 3.43. The van der Waals surface area contributed by atoms with Crippen molar-refractivity contribution in [2.24, 2.45) is 0 Å². The molecule has 0 saturated carbocycles. The van der Waals surface area contributed by atoms with Gasteiger partial charge < -0.3 is 10.6 Å². The molecule has 1 aliphatic heterocycles. The number of aryl methyl sites for hydroxylation is 1. The van der Waals surface area contributed by atoms with Crippen molar-refractivity contribution < 1.29 is 0 Å².